The summed E-state index contributed by atoms with van der Waals surface area (Å²) in [6.07, 6.45) is -1.04. The highest BCUT2D eigenvalue weighted by atomic mass is 32.2. The maximum absolute atomic E-state index is 13.9. The van der Waals surface area contributed by atoms with E-state index in [-0.39, 0.29) is 40.2 Å². The number of methoxy groups -OCH3 is 2. The van der Waals surface area contributed by atoms with Crippen molar-refractivity contribution in [2.24, 2.45) is 0 Å². The summed E-state index contributed by atoms with van der Waals surface area (Å²) < 4.78 is 86.0. The molecule has 2 aromatic heterocycles. The standard InChI is InChI=1S/C27H30FN5O8S2/c1-6-41-23-12-7-9-19(29-23)26-30-31-27(33(26)24-20(39-3)10-8-11-21(24)40-4)32-43(37,38)16(2)25(34)18-14-13-17(28)15-22(18)42(5,35)36/h7-16,25,34H,6H2,1-5H3,(H,31,32)/t16-,25+/m1/s1. The van der Waals surface area contributed by atoms with Gasteiger partial charge in [-0.2, -0.15) is 0 Å². The third-order valence-corrected chi connectivity index (χ3v) is 9.25. The number of ether oxygens (including phenoxy) is 3. The van der Waals surface area contributed by atoms with Crippen molar-refractivity contribution in [3.05, 3.63) is 66.0 Å². The van der Waals surface area contributed by atoms with Gasteiger partial charge in [-0.1, -0.05) is 18.2 Å². The fourth-order valence-electron chi connectivity index (χ4n) is 4.26. The summed E-state index contributed by atoms with van der Waals surface area (Å²) in [5.41, 5.74) is 0.223. The average molecular weight is 636 g/mol. The zero-order chi connectivity index (χ0) is 31.5. The van der Waals surface area contributed by atoms with E-state index in [4.69, 9.17) is 14.2 Å². The van der Waals surface area contributed by atoms with Crippen LogP contribution < -0.4 is 18.9 Å². The van der Waals surface area contributed by atoms with Crippen LogP contribution in [0.1, 0.15) is 25.5 Å². The number of nitrogens with zero attached hydrogens (tertiary/aromatic N) is 4. The maximum Gasteiger partial charge on any atom is 0.243 e. The number of nitrogens with one attached hydrogen (secondary N) is 1. The molecule has 0 bridgehead atoms. The molecule has 4 aromatic rings. The van der Waals surface area contributed by atoms with Crippen LogP contribution in [0.4, 0.5) is 10.3 Å². The molecular weight excluding hydrogens is 605 g/mol. The van der Waals surface area contributed by atoms with Crippen LogP contribution in [0.3, 0.4) is 0 Å². The Kier molecular flexibility index (Phi) is 9.22. The van der Waals surface area contributed by atoms with E-state index in [1.807, 2.05) is 0 Å². The van der Waals surface area contributed by atoms with E-state index in [0.29, 0.717) is 12.5 Å². The summed E-state index contributed by atoms with van der Waals surface area (Å²) in [4.78, 5) is 3.91. The van der Waals surface area contributed by atoms with Crippen molar-refractivity contribution in [1.29, 1.82) is 0 Å². The number of halogens is 1. The molecule has 0 aliphatic heterocycles. The molecule has 0 spiro atoms. The highest BCUT2D eigenvalue weighted by Gasteiger charge is 2.35. The molecule has 0 saturated carbocycles. The van der Waals surface area contributed by atoms with Crippen LogP contribution in [-0.4, -0.2) is 74.0 Å². The van der Waals surface area contributed by atoms with Gasteiger partial charge in [-0.3, -0.25) is 9.29 Å². The number of aliphatic hydroxyl groups is 1. The molecule has 16 heteroatoms. The molecule has 0 fully saturated rings. The lowest BCUT2D eigenvalue weighted by molar-refractivity contribution is 0.173. The molecule has 0 aliphatic carbocycles. The molecule has 13 nitrogen and oxygen atoms in total. The maximum atomic E-state index is 13.9. The first-order valence-corrected chi connectivity index (χ1v) is 16.2. The summed E-state index contributed by atoms with van der Waals surface area (Å²) in [6.45, 7) is 3.31. The second-order valence-corrected chi connectivity index (χ2v) is 13.3. The summed E-state index contributed by atoms with van der Waals surface area (Å²) in [6, 6.07) is 12.5. The van der Waals surface area contributed by atoms with Crippen LogP contribution in [0.15, 0.2) is 59.5 Å². The fourth-order valence-corrected chi connectivity index (χ4v) is 6.27. The molecule has 2 atom stereocenters. The van der Waals surface area contributed by atoms with Gasteiger partial charge in [0.2, 0.25) is 21.9 Å². The van der Waals surface area contributed by atoms with E-state index < -0.39 is 41.9 Å². The lowest BCUT2D eigenvalue weighted by Crippen LogP contribution is -2.32. The topological polar surface area (TPSA) is 172 Å². The first kappa shape index (κ1) is 31.7. The van der Waals surface area contributed by atoms with Gasteiger partial charge in [0.15, 0.2) is 15.7 Å². The Morgan fingerprint density at radius 3 is 2.26 bits per heavy atom. The molecule has 0 unspecified atom stereocenters. The van der Waals surface area contributed by atoms with Crippen LogP contribution in [0.2, 0.25) is 0 Å². The monoisotopic (exact) mass is 635 g/mol. The minimum absolute atomic E-state index is 0.0909. The number of sulfonamides is 1. The number of anilines is 1. The van der Waals surface area contributed by atoms with E-state index >= 15 is 0 Å². The van der Waals surface area contributed by atoms with Gasteiger partial charge >= 0.3 is 0 Å². The van der Waals surface area contributed by atoms with E-state index in [9.17, 15) is 26.3 Å². The number of benzene rings is 2. The van der Waals surface area contributed by atoms with Crippen molar-refractivity contribution in [2.75, 3.05) is 31.8 Å². The fraction of sp³-hybridized carbons (Fsp3) is 0.296. The van der Waals surface area contributed by atoms with Gasteiger partial charge in [0.25, 0.3) is 0 Å². The summed E-state index contributed by atoms with van der Waals surface area (Å²) in [5, 5.41) is 17.7. The zero-order valence-electron chi connectivity index (χ0n) is 23.8. The van der Waals surface area contributed by atoms with Crippen molar-refractivity contribution >= 4 is 25.8 Å². The number of hydrogen-bond donors (Lipinski definition) is 2. The molecule has 0 radical (unpaired) electrons. The van der Waals surface area contributed by atoms with E-state index in [0.717, 1.165) is 24.5 Å². The minimum Gasteiger partial charge on any atom is -0.494 e. The molecular formula is C27H30FN5O8S2. The summed E-state index contributed by atoms with van der Waals surface area (Å²) >= 11 is 0. The SMILES string of the molecule is CCOc1cccc(-c2nnc(NS(=O)(=O)[C@H](C)[C@H](O)c3ccc(F)cc3S(C)(=O)=O)n2-c2c(OC)cccc2OC)n1. The first-order valence-electron chi connectivity index (χ1n) is 12.8. The first-order chi connectivity index (χ1) is 20.3. The normalized spacial score (nSPS) is 13.3. The van der Waals surface area contributed by atoms with Crippen molar-refractivity contribution in [1.82, 2.24) is 19.7 Å². The predicted octanol–water partition coefficient (Wildman–Crippen LogP) is 3.15. The largest absolute Gasteiger partial charge is 0.494 e. The number of pyridine rings is 1. The van der Waals surface area contributed by atoms with E-state index in [2.05, 4.69) is 19.9 Å². The van der Waals surface area contributed by atoms with Crippen LogP contribution in [-0.2, 0) is 19.9 Å². The predicted molar refractivity (Wildman–Crippen MR) is 155 cm³/mol. The van der Waals surface area contributed by atoms with Gasteiger partial charge in [-0.25, -0.2) is 26.2 Å². The molecule has 0 saturated heterocycles. The second kappa shape index (κ2) is 12.5. The van der Waals surface area contributed by atoms with Crippen LogP contribution in [0.5, 0.6) is 17.4 Å². The molecule has 0 aliphatic rings. The molecule has 2 N–H and O–H groups in total. The Balaban J connectivity index is 1.86. The highest BCUT2D eigenvalue weighted by molar-refractivity contribution is 7.93. The second-order valence-electron chi connectivity index (χ2n) is 9.24. The number of hydrogen-bond acceptors (Lipinski definition) is 11. The number of aliphatic hydroxyl groups excluding tert-OH is 1. The number of aromatic nitrogens is 4. The Hall–Kier alpha value is -4.28. The Morgan fingerprint density at radius 2 is 1.65 bits per heavy atom. The Bertz CT molecular complexity index is 1830. The van der Waals surface area contributed by atoms with Crippen molar-refractivity contribution in [3.63, 3.8) is 0 Å². The van der Waals surface area contributed by atoms with Crippen LogP contribution in [0, 0.1) is 5.82 Å². The Morgan fingerprint density at radius 1 is 1.00 bits per heavy atom. The molecule has 4 rings (SSSR count). The van der Waals surface area contributed by atoms with Crippen LogP contribution in [0.25, 0.3) is 17.2 Å². The minimum atomic E-state index is -4.53. The summed E-state index contributed by atoms with van der Waals surface area (Å²) in [7, 11) is -5.71. The van der Waals surface area contributed by atoms with Crippen molar-refractivity contribution in [2.45, 2.75) is 30.1 Å². The average Bonchev–Trinajstić information content (AvgIpc) is 3.37. The van der Waals surface area contributed by atoms with Gasteiger partial charge in [0, 0.05) is 17.9 Å². The van der Waals surface area contributed by atoms with Crippen molar-refractivity contribution < 1.29 is 40.5 Å². The Labute approximate surface area is 248 Å². The molecule has 230 valence electrons. The zero-order valence-corrected chi connectivity index (χ0v) is 25.5. The summed E-state index contributed by atoms with van der Waals surface area (Å²) in [5.74, 6) is -0.242. The van der Waals surface area contributed by atoms with Gasteiger partial charge in [0.05, 0.1) is 31.8 Å². The smallest absolute Gasteiger partial charge is 0.243 e. The van der Waals surface area contributed by atoms with E-state index in [1.54, 1.807) is 43.3 Å². The third kappa shape index (κ3) is 6.55. The third-order valence-electron chi connectivity index (χ3n) is 6.39. The van der Waals surface area contributed by atoms with E-state index in [1.165, 1.54) is 25.7 Å². The molecule has 2 heterocycles. The van der Waals surface area contributed by atoms with Gasteiger partial charge in [-0.05, 0) is 44.2 Å². The number of sulfone groups is 1. The molecule has 43 heavy (non-hydrogen) atoms. The van der Waals surface area contributed by atoms with Gasteiger partial charge in [0.1, 0.15) is 33.9 Å². The lowest BCUT2D eigenvalue weighted by atomic mass is 10.1. The highest BCUT2D eigenvalue weighted by Crippen LogP contribution is 2.38. The molecule has 0 amide bonds. The van der Waals surface area contributed by atoms with Gasteiger partial charge < -0.3 is 19.3 Å². The van der Waals surface area contributed by atoms with Crippen LogP contribution >= 0.6 is 0 Å². The lowest BCUT2D eigenvalue weighted by Gasteiger charge is -2.23. The number of rotatable bonds is 12. The van der Waals surface area contributed by atoms with Gasteiger partial charge in [-0.15, -0.1) is 10.2 Å². The number of para-hydroxylation sites is 1. The quantitative estimate of drug-likeness (QED) is 0.234. The van der Waals surface area contributed by atoms with Crippen molar-refractivity contribution in [3.8, 4) is 34.6 Å². The molecule has 2 aromatic carbocycles.